The summed E-state index contributed by atoms with van der Waals surface area (Å²) in [6, 6.07) is 26.0. The quantitative estimate of drug-likeness (QED) is 0.0178. The largest absolute Gasteiger partial charge is 0.379 e. The van der Waals surface area contributed by atoms with Gasteiger partial charge in [-0.3, -0.25) is 0 Å². The molecule has 0 fully saturated rings. The maximum Gasteiger partial charge on any atom is 0.261 e. The highest BCUT2D eigenvalue weighted by atomic mass is 35.7. The first-order chi connectivity index (χ1) is 55.2. The van der Waals surface area contributed by atoms with E-state index in [4.69, 9.17) is 89.6 Å². The summed E-state index contributed by atoms with van der Waals surface area (Å²) in [6.07, 6.45) is 0.323. The molecule has 38 heteroatoms. The molecule has 0 atom stereocenters. The lowest BCUT2D eigenvalue weighted by Crippen LogP contribution is -2.28. The fraction of sp³-hybridized carbons (Fsp3) is 0.430. The van der Waals surface area contributed by atoms with Gasteiger partial charge in [0.15, 0.2) is 9.84 Å². The molecular formula is C79H106Cl2N10O21S5. The number of aryl methyl sites for hydroxylation is 15. The Morgan fingerprint density at radius 3 is 0.769 bits per heavy atom. The van der Waals surface area contributed by atoms with Gasteiger partial charge in [-0.1, -0.05) is 86.4 Å². The zero-order chi connectivity index (χ0) is 86.6. The number of hydrogen-bond acceptors (Lipinski definition) is 29. The van der Waals surface area contributed by atoms with E-state index in [0.29, 0.717) is 157 Å². The van der Waals surface area contributed by atoms with Gasteiger partial charge in [0.2, 0.25) is 20.0 Å². The van der Waals surface area contributed by atoms with Gasteiger partial charge in [0.1, 0.15) is 28.8 Å². The second kappa shape index (κ2) is 46.0. The van der Waals surface area contributed by atoms with Crippen molar-refractivity contribution in [3.8, 4) is 55.6 Å². The van der Waals surface area contributed by atoms with Crippen LogP contribution in [0, 0.1) is 104 Å². The molecule has 0 saturated heterocycles. The number of ether oxygens (including phenoxy) is 6. The molecule has 0 unspecified atom stereocenters. The lowest BCUT2D eigenvalue weighted by Gasteiger charge is -2.12. The van der Waals surface area contributed by atoms with Crippen molar-refractivity contribution >= 4 is 69.4 Å². The average molecular weight is 1760 g/mol. The van der Waals surface area contributed by atoms with Crippen LogP contribution in [0.1, 0.15) is 91.5 Å². The molecule has 0 radical (unpaired) electrons. The molecule has 0 aliphatic heterocycles. The molecule has 8 N–H and O–H groups in total. The number of halogens is 2. The van der Waals surface area contributed by atoms with Crippen LogP contribution in [0.5, 0.6) is 0 Å². The summed E-state index contributed by atoms with van der Waals surface area (Å²) < 4.78 is 186. The van der Waals surface area contributed by atoms with E-state index in [9.17, 15) is 42.1 Å². The molecule has 642 valence electrons. The van der Waals surface area contributed by atoms with Crippen molar-refractivity contribution in [2.45, 2.75) is 135 Å². The normalized spacial score (nSPS) is 11.8. The van der Waals surface area contributed by atoms with Crippen LogP contribution in [0.4, 0.5) is 0 Å². The minimum atomic E-state index is -3.77. The topological polar surface area (TPSA) is 458 Å². The van der Waals surface area contributed by atoms with Crippen LogP contribution in [0.15, 0.2) is 138 Å². The van der Waals surface area contributed by atoms with Crippen LogP contribution in [0.3, 0.4) is 0 Å². The van der Waals surface area contributed by atoms with E-state index in [1.165, 1.54) is 0 Å². The van der Waals surface area contributed by atoms with Crippen LogP contribution in [-0.4, -0.2) is 186 Å². The van der Waals surface area contributed by atoms with E-state index in [1.54, 1.807) is 144 Å². The van der Waals surface area contributed by atoms with Gasteiger partial charge in [-0.25, -0.2) is 51.5 Å². The van der Waals surface area contributed by atoms with E-state index < -0.39 is 48.0 Å². The molecule has 0 bridgehead atoms. The molecule has 31 nitrogen and oxygen atoms in total. The van der Waals surface area contributed by atoms with Gasteiger partial charge in [-0.15, -0.1) is 0 Å². The third kappa shape index (κ3) is 28.9. The van der Waals surface area contributed by atoms with E-state index in [-0.39, 0.29) is 76.4 Å². The van der Waals surface area contributed by atoms with Gasteiger partial charge in [0.25, 0.3) is 18.1 Å². The number of nitrogens with zero attached hydrogens (tertiary/aromatic N) is 5. The Balaban J connectivity index is 0.000000248. The molecule has 0 saturated carbocycles. The number of nitrogens with one attached hydrogen (secondary N) is 2. The third-order valence-corrected chi connectivity index (χ3v) is 25.7. The number of hydrogen-bond donors (Lipinski definition) is 5. The van der Waals surface area contributed by atoms with Crippen LogP contribution in [-0.2, 0) is 76.4 Å². The number of sulfonamides is 2. The van der Waals surface area contributed by atoms with Crippen molar-refractivity contribution in [2.24, 2.45) is 17.2 Å². The summed E-state index contributed by atoms with van der Waals surface area (Å²) in [6.45, 7) is 33.4. The summed E-state index contributed by atoms with van der Waals surface area (Å²) in [5.74, 6) is 3.14. The minimum Gasteiger partial charge on any atom is -0.379 e. The highest BCUT2D eigenvalue weighted by molar-refractivity contribution is 8.14. The monoisotopic (exact) mass is 1760 g/mol. The molecule has 0 aliphatic carbocycles. The Morgan fingerprint density at radius 2 is 0.530 bits per heavy atom. The average Bonchev–Trinajstić information content (AvgIpc) is 1.78. The lowest BCUT2D eigenvalue weighted by atomic mass is 10.0. The molecule has 0 aliphatic rings. The van der Waals surface area contributed by atoms with Crippen molar-refractivity contribution < 1.29 is 93.1 Å². The van der Waals surface area contributed by atoms with Crippen LogP contribution < -0.4 is 26.6 Å². The Labute approximate surface area is 694 Å². The van der Waals surface area contributed by atoms with E-state index in [2.05, 4.69) is 35.2 Å². The molecular weight excluding hydrogens is 1660 g/mol. The Morgan fingerprint density at radius 1 is 0.308 bits per heavy atom. The number of rotatable bonds is 37. The highest BCUT2D eigenvalue weighted by Gasteiger charge is 2.26. The maximum absolute atomic E-state index is 13.1. The fourth-order valence-electron chi connectivity index (χ4n) is 12.0. The Bertz CT molecular complexity index is 5150. The number of sulfone groups is 1. The maximum atomic E-state index is 13.1. The molecule has 117 heavy (non-hydrogen) atoms. The van der Waals surface area contributed by atoms with Gasteiger partial charge in [-0.05, 0) is 196 Å². The number of nitrogens with two attached hydrogens (primary N) is 3. The molecule has 10 aromatic rings. The van der Waals surface area contributed by atoms with Gasteiger partial charge < -0.3 is 68.2 Å². The molecule has 5 aromatic carbocycles. The predicted octanol–water partition coefficient (Wildman–Crippen LogP) is 11.9. The van der Waals surface area contributed by atoms with Crippen molar-refractivity contribution in [1.29, 1.82) is 0 Å². The first-order valence-corrected chi connectivity index (χ1v) is 46.3. The van der Waals surface area contributed by atoms with E-state index >= 15 is 0 Å². The summed E-state index contributed by atoms with van der Waals surface area (Å²) in [7, 11) is -7.65. The fourth-order valence-corrected chi connectivity index (χ4v) is 18.6. The second-order valence-corrected chi connectivity index (χ2v) is 37.4. The molecule has 10 rings (SSSR count). The van der Waals surface area contributed by atoms with Gasteiger partial charge in [0, 0.05) is 88.5 Å². The SMILES string of the molecule is Cc1ccc(-c2c(C)noc2C)cc1S(=O)(=O)CCCOCCOCCNS(=O)(=O)c1cc(-c2c(C)noc2C)ccc1C.Cc1ccc(-c2c(C)noc2C)cc1S(=O)(=O)Cl.Cc1ccc(-c2c(C)noc2C)cc1S(=O)(=O)Cl.Cc1ccc(-c2c(C)noc2C)cc1S(=O)(=O)NCCOCCOCCN.NCCOCCOCCN. The van der Waals surface area contributed by atoms with Crippen LogP contribution in [0.25, 0.3) is 55.6 Å². The van der Waals surface area contributed by atoms with Crippen LogP contribution in [0.2, 0.25) is 0 Å². The van der Waals surface area contributed by atoms with Crippen molar-refractivity contribution in [3.05, 3.63) is 176 Å². The molecule has 5 aromatic heterocycles. The Hall–Kier alpha value is -7.96. The zero-order valence-electron chi connectivity index (χ0n) is 68.4. The second-order valence-electron chi connectivity index (χ2n) is 26.8. The van der Waals surface area contributed by atoms with Gasteiger partial charge >= 0.3 is 0 Å². The summed E-state index contributed by atoms with van der Waals surface area (Å²) in [5.41, 5.74) is 30.1. The molecule has 0 amide bonds. The summed E-state index contributed by atoms with van der Waals surface area (Å²) in [4.78, 5) is 0.917. The smallest absolute Gasteiger partial charge is 0.261 e. The van der Waals surface area contributed by atoms with Crippen molar-refractivity contribution in [2.75, 3.05) is 118 Å². The first kappa shape index (κ1) is 97.9. The van der Waals surface area contributed by atoms with Crippen molar-refractivity contribution in [3.63, 3.8) is 0 Å². The summed E-state index contributed by atoms with van der Waals surface area (Å²) in [5, 5.41) is 19.5. The van der Waals surface area contributed by atoms with Crippen LogP contribution >= 0.6 is 21.4 Å². The first-order valence-electron chi connectivity index (χ1n) is 37.1. The van der Waals surface area contributed by atoms with Gasteiger partial charge in [0.05, 0.1) is 131 Å². The van der Waals surface area contributed by atoms with Crippen molar-refractivity contribution in [1.82, 2.24) is 35.2 Å². The molecule has 5 heterocycles. The third-order valence-electron chi connectivity index (χ3n) is 17.7. The predicted molar refractivity (Wildman–Crippen MR) is 446 cm³/mol. The van der Waals surface area contributed by atoms with E-state index in [0.717, 1.165) is 55.8 Å². The standard InChI is InChI=1S/C31H39N3O8S2.C18H27N3O5S.2C12H12ClNO3S.C6H16N2O2/c1-20-8-10-26(30-22(3)33-41-24(30)5)18-28(20)43(35,36)17-7-13-39-15-16-40-14-12-32-44(37,38)29-19-27(11-9-21(29)2)31-23(4)34-42-25(31)6;1-13-4-5-16(18-14(2)21-26-15(18)3)12-17(13)27(22,23)20-7-9-25-11-10-24-8-6-19;2*1-7-4-5-10(6-11(7)18(13,15)16)12-8(2)14-17-9(12)3;7-1-3-9-5-6-10-4-2-8/h8-11,18-19,32H,7,12-17H2,1-6H3;4-5,12,20H,6-11,19H2,1-3H3;2*4-6H,1-3H3;1-8H2. The lowest BCUT2D eigenvalue weighted by molar-refractivity contribution is 0.0504. The number of benzene rings is 5. The molecule has 0 spiro atoms. The number of aromatic nitrogens is 5. The Kier molecular flexibility index (Phi) is 38.5. The van der Waals surface area contributed by atoms with E-state index in [1.807, 2.05) is 51.1 Å². The summed E-state index contributed by atoms with van der Waals surface area (Å²) >= 11 is 0. The zero-order valence-corrected chi connectivity index (χ0v) is 74.0. The minimum absolute atomic E-state index is 0.0571. The van der Waals surface area contributed by atoms with Gasteiger partial charge in [-0.2, -0.15) is 0 Å². The highest BCUT2D eigenvalue weighted by Crippen LogP contribution is 2.36.